The van der Waals surface area contributed by atoms with Gasteiger partial charge in [-0.2, -0.15) is 0 Å². The maximum absolute atomic E-state index is 14.0. The number of aliphatic hydroxyl groups excluding tert-OH is 1. The van der Waals surface area contributed by atoms with E-state index in [2.05, 4.69) is 9.98 Å². The van der Waals surface area contributed by atoms with Gasteiger partial charge in [0.05, 0.1) is 30.2 Å². The fourth-order valence-electron chi connectivity index (χ4n) is 3.59. The number of hydrogen-bond acceptors (Lipinski definition) is 8. The maximum atomic E-state index is 14.0. The second kappa shape index (κ2) is 13.8. The molecule has 3 aromatic heterocycles. The quantitative estimate of drug-likeness (QED) is 0.264. The van der Waals surface area contributed by atoms with Gasteiger partial charge in [0.15, 0.2) is 5.82 Å². The Bertz CT molecular complexity index is 1660. The van der Waals surface area contributed by atoms with Gasteiger partial charge in [0, 0.05) is 43.4 Å². The van der Waals surface area contributed by atoms with E-state index in [4.69, 9.17) is 21.1 Å². The SMILES string of the molecule is COCc1cc(OCc2ncc(F)cc2F)c(Cl)c(=O)n1/C=C/C(=N\C=C(\C)[C@H](C)O)n1cccc(C(C)(C)O)c1=O. The minimum absolute atomic E-state index is 0.0516. The minimum atomic E-state index is -1.45. The molecule has 0 aliphatic heterocycles. The number of methoxy groups -OCH3 is 1. The molecule has 0 radical (unpaired) electrons. The van der Waals surface area contributed by atoms with Crippen LogP contribution in [0.1, 0.15) is 44.6 Å². The first kappa shape index (κ1) is 32.5. The van der Waals surface area contributed by atoms with Gasteiger partial charge in [0.1, 0.15) is 34.7 Å². The molecule has 3 aromatic rings. The van der Waals surface area contributed by atoms with Crippen LogP contribution in [-0.4, -0.2) is 43.4 Å². The lowest BCUT2D eigenvalue weighted by Crippen LogP contribution is -2.34. The Morgan fingerprint density at radius 1 is 1.24 bits per heavy atom. The molecule has 1 atom stereocenters. The van der Waals surface area contributed by atoms with Gasteiger partial charge in [-0.25, -0.2) is 13.8 Å². The van der Waals surface area contributed by atoms with E-state index in [1.165, 1.54) is 62.3 Å². The van der Waals surface area contributed by atoms with Crippen LogP contribution < -0.4 is 15.9 Å². The largest absolute Gasteiger partial charge is 0.485 e. The Morgan fingerprint density at radius 3 is 2.57 bits per heavy atom. The molecular formula is C29H31ClF2N4O6. The van der Waals surface area contributed by atoms with Gasteiger partial charge in [-0.05, 0) is 51.5 Å². The Hall–Kier alpha value is -3.97. The van der Waals surface area contributed by atoms with E-state index in [-0.39, 0.29) is 40.2 Å². The van der Waals surface area contributed by atoms with Crippen molar-refractivity contribution in [2.75, 3.05) is 7.11 Å². The summed E-state index contributed by atoms with van der Waals surface area (Å²) in [6.07, 6.45) is 5.54. The van der Waals surface area contributed by atoms with E-state index in [9.17, 15) is 28.6 Å². The molecule has 0 saturated heterocycles. The van der Waals surface area contributed by atoms with Gasteiger partial charge in [-0.3, -0.25) is 23.7 Å². The molecule has 0 fully saturated rings. The van der Waals surface area contributed by atoms with E-state index in [0.717, 1.165) is 10.8 Å². The number of pyridine rings is 3. The number of halogens is 3. The summed E-state index contributed by atoms with van der Waals surface area (Å²) in [4.78, 5) is 34.5. The number of nitrogens with zero attached hydrogens (tertiary/aromatic N) is 4. The molecule has 0 unspecified atom stereocenters. The molecule has 0 spiro atoms. The predicted molar refractivity (Wildman–Crippen MR) is 154 cm³/mol. The molecule has 42 heavy (non-hydrogen) atoms. The molecule has 0 aromatic carbocycles. The fourth-order valence-corrected chi connectivity index (χ4v) is 3.79. The third-order valence-corrected chi connectivity index (χ3v) is 6.40. The second-order valence-electron chi connectivity index (χ2n) is 9.80. The predicted octanol–water partition coefficient (Wildman–Crippen LogP) is 3.99. The van der Waals surface area contributed by atoms with Crippen LogP contribution in [-0.2, 0) is 23.6 Å². The van der Waals surface area contributed by atoms with Crippen molar-refractivity contribution in [3.8, 4) is 5.75 Å². The Balaban J connectivity index is 2.10. The number of aliphatic hydroxyl groups is 2. The Morgan fingerprint density at radius 2 is 1.95 bits per heavy atom. The zero-order valence-electron chi connectivity index (χ0n) is 23.6. The third kappa shape index (κ3) is 7.85. The lowest BCUT2D eigenvalue weighted by molar-refractivity contribution is 0.0768. The van der Waals surface area contributed by atoms with Crippen molar-refractivity contribution in [2.45, 2.75) is 52.6 Å². The van der Waals surface area contributed by atoms with Gasteiger partial charge in [0.25, 0.3) is 11.1 Å². The average Bonchev–Trinajstić information content (AvgIpc) is 2.91. The van der Waals surface area contributed by atoms with Crippen LogP contribution in [0.2, 0.25) is 5.02 Å². The van der Waals surface area contributed by atoms with Gasteiger partial charge >= 0.3 is 0 Å². The molecule has 3 rings (SSSR count). The van der Waals surface area contributed by atoms with Crippen LogP contribution in [0.4, 0.5) is 8.78 Å². The van der Waals surface area contributed by atoms with Crippen molar-refractivity contribution in [3.05, 3.63) is 109 Å². The van der Waals surface area contributed by atoms with E-state index < -0.39 is 41.1 Å². The highest BCUT2D eigenvalue weighted by atomic mass is 35.5. The summed E-state index contributed by atoms with van der Waals surface area (Å²) in [6.45, 7) is 5.66. The maximum Gasteiger partial charge on any atom is 0.277 e. The zero-order valence-corrected chi connectivity index (χ0v) is 24.4. The first-order chi connectivity index (χ1) is 19.7. The number of hydrogen-bond donors (Lipinski definition) is 2. The van der Waals surface area contributed by atoms with E-state index in [1.807, 2.05) is 0 Å². The van der Waals surface area contributed by atoms with Crippen LogP contribution in [0.25, 0.3) is 6.20 Å². The molecule has 0 bridgehead atoms. The van der Waals surface area contributed by atoms with Gasteiger partial charge in [-0.15, -0.1) is 0 Å². The third-order valence-electron chi connectivity index (χ3n) is 6.06. The molecule has 0 aliphatic carbocycles. The summed E-state index contributed by atoms with van der Waals surface area (Å²) >= 11 is 6.31. The highest BCUT2D eigenvalue weighted by Gasteiger charge is 2.22. The van der Waals surface area contributed by atoms with Crippen molar-refractivity contribution in [2.24, 2.45) is 4.99 Å². The van der Waals surface area contributed by atoms with E-state index >= 15 is 0 Å². The summed E-state index contributed by atoms with van der Waals surface area (Å²) in [5.41, 5.74) is -2.03. The smallest absolute Gasteiger partial charge is 0.277 e. The average molecular weight is 605 g/mol. The first-order valence-electron chi connectivity index (χ1n) is 12.7. The number of aliphatic imine (C=N–C) groups is 1. The lowest BCUT2D eigenvalue weighted by atomic mass is 10.0. The molecule has 13 heteroatoms. The van der Waals surface area contributed by atoms with Crippen LogP contribution >= 0.6 is 11.6 Å². The van der Waals surface area contributed by atoms with E-state index in [0.29, 0.717) is 11.6 Å². The van der Waals surface area contributed by atoms with Crippen LogP contribution in [0.15, 0.2) is 69.1 Å². The molecule has 3 heterocycles. The molecule has 2 N–H and O–H groups in total. The zero-order chi connectivity index (χ0) is 31.2. The normalized spacial score (nSPS) is 13.6. The number of aromatic nitrogens is 3. The summed E-state index contributed by atoms with van der Waals surface area (Å²) in [7, 11) is 1.41. The van der Waals surface area contributed by atoms with Crippen molar-refractivity contribution in [3.63, 3.8) is 0 Å². The molecule has 0 aliphatic rings. The number of ether oxygens (including phenoxy) is 2. The van der Waals surface area contributed by atoms with Gasteiger partial charge < -0.3 is 19.7 Å². The monoisotopic (exact) mass is 604 g/mol. The molecule has 0 saturated carbocycles. The van der Waals surface area contributed by atoms with Crippen LogP contribution in [0, 0.1) is 11.6 Å². The summed E-state index contributed by atoms with van der Waals surface area (Å²) in [6, 6.07) is 5.12. The minimum Gasteiger partial charge on any atom is -0.485 e. The lowest BCUT2D eigenvalue weighted by Gasteiger charge is -2.18. The first-order valence-corrected chi connectivity index (χ1v) is 13.0. The summed E-state index contributed by atoms with van der Waals surface area (Å²) < 4.78 is 40.3. The van der Waals surface area contributed by atoms with Gasteiger partial charge in [-0.1, -0.05) is 11.6 Å². The van der Waals surface area contributed by atoms with Crippen LogP contribution in [0.3, 0.4) is 0 Å². The molecular weight excluding hydrogens is 574 g/mol. The molecule has 224 valence electrons. The topological polar surface area (TPSA) is 128 Å². The van der Waals surface area contributed by atoms with Crippen molar-refractivity contribution in [1.82, 2.24) is 14.1 Å². The summed E-state index contributed by atoms with van der Waals surface area (Å²) in [5.74, 6) is -1.80. The van der Waals surface area contributed by atoms with Crippen molar-refractivity contribution >= 4 is 23.6 Å². The second-order valence-corrected chi connectivity index (χ2v) is 10.2. The van der Waals surface area contributed by atoms with Gasteiger partial charge in [0.2, 0.25) is 0 Å². The standard InChI is InChI=1S/C29H31ClF2N4O6/c1-17(18(2)37)13-34-25(36-9-6-7-21(27(36)38)29(3,4)40)8-10-35-20(15-41-5)12-24(26(30)28(35)39)42-16-23-22(32)11-19(31)14-33-23/h6-14,18,37,40H,15-16H2,1-5H3/b10-8+,17-13-,34-25+/t18-/m0/s1. The Kier molecular flexibility index (Phi) is 10.7. The number of rotatable bonds is 10. The summed E-state index contributed by atoms with van der Waals surface area (Å²) in [5, 5.41) is 20.0. The Labute approximate surface area is 245 Å². The molecule has 10 nitrogen and oxygen atoms in total. The van der Waals surface area contributed by atoms with E-state index in [1.54, 1.807) is 19.9 Å². The number of allylic oxidation sites excluding steroid dienone is 1. The molecule has 0 amide bonds. The van der Waals surface area contributed by atoms with Crippen molar-refractivity contribution in [1.29, 1.82) is 0 Å². The highest BCUT2D eigenvalue weighted by Crippen LogP contribution is 2.24. The highest BCUT2D eigenvalue weighted by molar-refractivity contribution is 6.31. The van der Waals surface area contributed by atoms with Crippen LogP contribution in [0.5, 0.6) is 5.75 Å². The van der Waals surface area contributed by atoms with Crippen molar-refractivity contribution < 1.29 is 28.5 Å². The fraction of sp³-hybridized carbons (Fsp3) is 0.310.